The number of methoxy groups -OCH3 is 1. The second-order valence-corrected chi connectivity index (χ2v) is 36.5. The van der Waals surface area contributed by atoms with Crippen LogP contribution in [0.4, 0.5) is 0 Å². The fourth-order valence-electron chi connectivity index (χ4n) is 13.1. The van der Waals surface area contributed by atoms with Gasteiger partial charge in [0.05, 0.1) is 28.2 Å². The lowest BCUT2D eigenvalue weighted by Crippen LogP contribution is -2.24. The predicted octanol–water partition coefficient (Wildman–Crippen LogP) is 21.8. The number of rotatable bonds is 31. The van der Waals surface area contributed by atoms with E-state index in [4.69, 9.17) is 42.6 Å². The quantitative estimate of drug-likeness (QED) is 0.0128. The molecule has 25 heteroatoms. The van der Waals surface area contributed by atoms with Crippen LogP contribution in [-0.4, -0.2) is 104 Å². The Morgan fingerprint density at radius 1 is 0.354 bits per heavy atom. The van der Waals surface area contributed by atoms with Crippen LogP contribution in [0.3, 0.4) is 0 Å². The van der Waals surface area contributed by atoms with E-state index in [1.807, 2.05) is 215 Å². The van der Waals surface area contributed by atoms with Crippen LogP contribution < -0.4 is 0 Å². The van der Waals surface area contributed by atoms with Gasteiger partial charge >= 0.3 is 23.9 Å². The molecule has 8 aromatic rings. The molecule has 8 rings (SSSR count). The van der Waals surface area contributed by atoms with Crippen LogP contribution in [0.15, 0.2) is 97.1 Å². The van der Waals surface area contributed by atoms with E-state index >= 15 is 0 Å². The Kier molecular flexibility index (Phi) is 39.2. The molecule has 0 saturated heterocycles. The molecule has 0 spiro atoms. The molecule has 4 aromatic heterocycles. The summed E-state index contributed by atoms with van der Waals surface area (Å²) in [5.41, 5.74) is 18.4. The van der Waals surface area contributed by atoms with Gasteiger partial charge in [-0.15, -0.1) is 0 Å². The lowest BCUT2D eigenvalue weighted by Gasteiger charge is -2.20. The van der Waals surface area contributed by atoms with Crippen LogP contribution in [0.5, 0.6) is 0 Å². The van der Waals surface area contributed by atoms with Crippen LogP contribution in [0.2, 0.25) is 0 Å². The van der Waals surface area contributed by atoms with Gasteiger partial charge in [0.15, 0.2) is 23.0 Å². The van der Waals surface area contributed by atoms with Crippen molar-refractivity contribution in [3.63, 3.8) is 0 Å². The summed E-state index contributed by atoms with van der Waals surface area (Å²) in [6.07, 6.45) is 2.35. The molecule has 682 valence electrons. The maximum Gasteiger partial charge on any atom is 0.334 e. The van der Waals surface area contributed by atoms with Gasteiger partial charge in [-0.2, -0.15) is 41.4 Å². The summed E-state index contributed by atoms with van der Waals surface area (Å²) in [6.45, 7) is 61.5. The maximum atomic E-state index is 12.2. The number of esters is 4. The van der Waals surface area contributed by atoms with E-state index in [1.165, 1.54) is 23.8 Å². The molecule has 0 bridgehead atoms. The summed E-state index contributed by atoms with van der Waals surface area (Å²) < 4.78 is 56.8. The standard InChI is InChI=1S/3C26H35N3O3.C24H31N3O4/c1-10-29-22(17(2)18(3)28-29)23(31-16-32-24(30)26(7,8)9)21(15-27)19-11-13-20(14-12-19)25(4,5)6;1-9-29-24(18(4)19(5)28-29)25(32-16-31-23(30)14-17(2)3)22(15-27)20-10-12-21(13-11-20)26(6,7)8;1-8-10-11-23(30)31-17-32-25(24-18(3)19(4)28-29(24)9-2)22(16-27)20-12-14-21(15-13-20)26(5,6)7;1-8-27-22(16(2)17(3)26-27)23(31-15-30-21(28)14-29-7)20(13-25)18-9-11-19(12-10-18)24(4,5)6/h11-14H,10,16H2,1-9H3;10-13,17H,9,14,16H2,1-8H3;12-15H,8-11,17H2,1-7H3;9-12H,8,14-15H2,1-7H3/b23-21-;2*25-22-;23-20-. The summed E-state index contributed by atoms with van der Waals surface area (Å²) in [5.74, 6) is 0.0651. The lowest BCUT2D eigenvalue weighted by atomic mass is 9.86. The summed E-state index contributed by atoms with van der Waals surface area (Å²) in [4.78, 5) is 47.8. The first-order valence-corrected chi connectivity index (χ1v) is 43.4. The average Bonchev–Trinajstić information content (AvgIpc) is 1.68. The number of carbonyl (C=O) groups is 4. The van der Waals surface area contributed by atoms with Crippen LogP contribution >= 0.6 is 0 Å². The Balaban J connectivity index is 0.000000300. The SMILES string of the molecule is CCCCC(=O)OCO/C(=C(/C#N)c1ccc(C(C)(C)C)cc1)c1c(C)c(C)nn1CC.CCn1nc(C)c(C)c1/C(OCOC(=O)C(C)(C)C)=C(\C#N)c1ccc(C(C)(C)C)cc1.CCn1nc(C)c(C)c1/C(OCOC(=O)CC(C)C)=C(\C#N)c1ccc(C(C)(C)C)cc1.CCn1nc(C)c(C)c1/C(OCOC(=O)COC)=C(\C#N)c1ccc(C(C)(C)C)cc1. The number of aryl methyl sites for hydroxylation is 8. The monoisotopic (exact) mass is 1740 g/mol. The van der Waals surface area contributed by atoms with E-state index in [2.05, 4.69) is 128 Å². The lowest BCUT2D eigenvalue weighted by molar-refractivity contribution is -0.161. The van der Waals surface area contributed by atoms with Gasteiger partial charge in [0.2, 0.25) is 27.2 Å². The van der Waals surface area contributed by atoms with Crippen molar-refractivity contribution in [3.8, 4) is 24.3 Å². The molecular formula is C102H136N12O13. The van der Waals surface area contributed by atoms with E-state index in [1.54, 1.807) is 25.5 Å². The van der Waals surface area contributed by atoms with E-state index in [9.17, 15) is 40.2 Å². The molecule has 0 fully saturated rings. The van der Waals surface area contributed by atoms with Crippen molar-refractivity contribution in [3.05, 3.63) is 209 Å². The minimum Gasteiger partial charge on any atom is -0.454 e. The highest BCUT2D eigenvalue weighted by Crippen LogP contribution is 2.39. The van der Waals surface area contributed by atoms with Gasteiger partial charge in [-0.3, -0.25) is 33.1 Å². The minimum atomic E-state index is -0.647. The van der Waals surface area contributed by atoms with Crippen LogP contribution in [-0.2, 0) is 110 Å². The minimum absolute atomic E-state index is 0.00153. The van der Waals surface area contributed by atoms with Crippen molar-refractivity contribution in [1.82, 2.24) is 39.1 Å². The van der Waals surface area contributed by atoms with Crippen LogP contribution in [0.25, 0.3) is 45.3 Å². The molecule has 0 radical (unpaired) electrons. The number of allylic oxidation sites excluding steroid dienone is 4. The van der Waals surface area contributed by atoms with Crippen molar-refractivity contribution in [2.75, 3.05) is 40.9 Å². The molecule has 0 aliphatic carbocycles. The summed E-state index contributed by atoms with van der Waals surface area (Å²) >= 11 is 0. The second kappa shape index (κ2) is 47.3. The Hall–Kier alpha value is -12.3. The maximum absolute atomic E-state index is 12.2. The average molecular weight is 1740 g/mol. The Labute approximate surface area is 754 Å². The van der Waals surface area contributed by atoms with Crippen LogP contribution in [0, 0.1) is 112 Å². The largest absolute Gasteiger partial charge is 0.454 e. The van der Waals surface area contributed by atoms with Crippen LogP contribution in [0.1, 0.15) is 290 Å². The van der Waals surface area contributed by atoms with Gasteiger partial charge in [0.25, 0.3) is 0 Å². The normalized spacial score (nSPS) is 12.4. The van der Waals surface area contributed by atoms with Crippen molar-refractivity contribution >= 4 is 69.2 Å². The van der Waals surface area contributed by atoms with Crippen molar-refractivity contribution in [1.29, 1.82) is 21.0 Å². The van der Waals surface area contributed by atoms with Crippen molar-refractivity contribution < 1.29 is 61.8 Å². The summed E-state index contributed by atoms with van der Waals surface area (Å²) in [7, 11) is 1.41. The zero-order chi connectivity index (χ0) is 95.4. The number of carbonyl (C=O) groups excluding carboxylic acids is 4. The molecular weight excluding hydrogens is 1600 g/mol. The molecule has 0 amide bonds. The number of nitrogens with zero attached hydrogens (tertiary/aromatic N) is 12. The summed E-state index contributed by atoms with van der Waals surface area (Å²) in [5, 5.41) is 58.6. The fourth-order valence-corrected chi connectivity index (χ4v) is 13.1. The van der Waals surface area contributed by atoms with E-state index in [0.29, 0.717) is 95.7 Å². The van der Waals surface area contributed by atoms with Crippen molar-refractivity contribution in [2.24, 2.45) is 11.3 Å². The zero-order valence-corrected chi connectivity index (χ0v) is 81.2. The highest BCUT2D eigenvalue weighted by atomic mass is 16.7. The third-order valence-electron chi connectivity index (χ3n) is 21.1. The molecule has 4 heterocycles. The third-order valence-corrected chi connectivity index (χ3v) is 21.1. The molecule has 0 N–H and O–H groups in total. The highest BCUT2D eigenvalue weighted by molar-refractivity contribution is 5.98. The molecule has 0 saturated carbocycles. The smallest absolute Gasteiger partial charge is 0.334 e. The highest BCUT2D eigenvalue weighted by Gasteiger charge is 2.31. The molecule has 25 nitrogen and oxygen atoms in total. The zero-order valence-electron chi connectivity index (χ0n) is 81.2. The predicted molar refractivity (Wildman–Crippen MR) is 498 cm³/mol. The molecule has 0 aliphatic heterocycles. The van der Waals surface area contributed by atoms with Gasteiger partial charge in [0.1, 0.15) is 76.0 Å². The number of aromatic nitrogens is 8. The van der Waals surface area contributed by atoms with E-state index < -0.39 is 11.4 Å². The fraction of sp³-hybridized carbons (Fsp3) is 0.490. The van der Waals surface area contributed by atoms with Gasteiger partial charge in [-0.05, 0) is 182 Å². The van der Waals surface area contributed by atoms with E-state index in [0.717, 1.165) is 97.1 Å². The molecule has 0 aliphatic rings. The molecule has 0 atom stereocenters. The van der Waals surface area contributed by atoms with Crippen molar-refractivity contribution in [2.45, 2.75) is 281 Å². The first-order chi connectivity index (χ1) is 59.6. The number of ether oxygens (including phenoxy) is 9. The number of nitriles is 4. The van der Waals surface area contributed by atoms with Gasteiger partial charge in [-0.1, -0.05) is 207 Å². The molecule has 0 unspecified atom stereocenters. The molecule has 127 heavy (non-hydrogen) atoms. The number of unbranched alkanes of at least 4 members (excludes halogenated alkanes) is 1. The number of benzene rings is 4. The Morgan fingerprint density at radius 3 is 0.795 bits per heavy atom. The number of hydrogen-bond donors (Lipinski definition) is 0. The number of hydrogen-bond acceptors (Lipinski definition) is 21. The topological polar surface area (TPSA) is 318 Å². The van der Waals surface area contributed by atoms with E-state index in [-0.39, 0.29) is 79.3 Å². The second-order valence-electron chi connectivity index (χ2n) is 36.5. The van der Waals surface area contributed by atoms with Gasteiger partial charge in [0, 0.05) is 68.4 Å². The third kappa shape index (κ3) is 29.1. The molecule has 4 aromatic carbocycles. The summed E-state index contributed by atoms with van der Waals surface area (Å²) in [6, 6.07) is 40.8. The first-order valence-electron chi connectivity index (χ1n) is 43.4. The first kappa shape index (κ1) is 105. The van der Waals surface area contributed by atoms with Gasteiger partial charge in [-0.25, -0.2) is 4.79 Å². The Bertz CT molecular complexity index is 5390. The van der Waals surface area contributed by atoms with Gasteiger partial charge < -0.3 is 42.6 Å². The Morgan fingerprint density at radius 2 is 0.591 bits per heavy atom.